The van der Waals surface area contributed by atoms with Crippen molar-refractivity contribution >= 4 is 5.91 Å². The molecule has 0 aromatic heterocycles. The Kier molecular flexibility index (Phi) is 4.47. The van der Waals surface area contributed by atoms with Gasteiger partial charge >= 0.3 is 0 Å². The van der Waals surface area contributed by atoms with Crippen LogP contribution in [0.4, 0.5) is 0 Å². The third-order valence-electron chi connectivity index (χ3n) is 3.60. The van der Waals surface area contributed by atoms with Gasteiger partial charge in [0.15, 0.2) is 0 Å². The summed E-state index contributed by atoms with van der Waals surface area (Å²) in [5, 5.41) is 9.69. The minimum absolute atomic E-state index is 0.0397. The van der Waals surface area contributed by atoms with Crippen molar-refractivity contribution in [3.8, 4) is 0 Å². The molecule has 3 nitrogen and oxygen atoms in total. The molecule has 1 saturated carbocycles. The molecule has 1 atom stereocenters. The lowest BCUT2D eigenvalue weighted by atomic mass is 9.84. The number of amides is 1. The number of rotatable bonds is 4. The fourth-order valence-electron chi connectivity index (χ4n) is 2.20. The Balaban J connectivity index is 2.91. The molecular weight excluding hydrogens is 226 g/mol. The van der Waals surface area contributed by atoms with E-state index in [1.54, 1.807) is 0 Å². The lowest BCUT2D eigenvalue weighted by Crippen LogP contribution is -2.53. The van der Waals surface area contributed by atoms with E-state index in [-0.39, 0.29) is 29.4 Å². The topological polar surface area (TPSA) is 40.5 Å². The van der Waals surface area contributed by atoms with E-state index in [1.807, 2.05) is 25.7 Å². The average Bonchev–Trinajstić information content (AvgIpc) is 2.96. The Morgan fingerprint density at radius 1 is 1.22 bits per heavy atom. The van der Waals surface area contributed by atoms with E-state index in [0.29, 0.717) is 5.92 Å². The van der Waals surface area contributed by atoms with Gasteiger partial charge in [-0.1, -0.05) is 41.5 Å². The van der Waals surface area contributed by atoms with Gasteiger partial charge in [-0.05, 0) is 24.2 Å². The van der Waals surface area contributed by atoms with Gasteiger partial charge in [0.25, 0.3) is 0 Å². The highest BCUT2D eigenvalue weighted by Crippen LogP contribution is 2.35. The van der Waals surface area contributed by atoms with Crippen LogP contribution in [0.15, 0.2) is 0 Å². The Morgan fingerprint density at radius 2 is 1.72 bits per heavy atom. The fraction of sp³-hybridized carbons (Fsp3) is 0.933. The molecule has 1 aliphatic carbocycles. The van der Waals surface area contributed by atoms with Crippen LogP contribution < -0.4 is 0 Å². The Bertz CT molecular complexity index is 295. The van der Waals surface area contributed by atoms with Crippen LogP contribution in [0.1, 0.15) is 54.4 Å². The third kappa shape index (κ3) is 3.98. The summed E-state index contributed by atoms with van der Waals surface area (Å²) >= 11 is 0. The maximum absolute atomic E-state index is 12.6. The molecule has 1 fully saturated rings. The lowest BCUT2D eigenvalue weighted by Gasteiger charge is -2.42. The first-order valence-electron chi connectivity index (χ1n) is 6.99. The standard InChI is InChI=1S/C15H29NO2/c1-14(2,3)12(10-17)16(9-11-7-8-11)13(18)15(4,5)6/h11-12,17H,7-10H2,1-6H3/t12-/m1/s1. The second-order valence-electron chi connectivity index (χ2n) is 7.72. The average molecular weight is 255 g/mol. The van der Waals surface area contributed by atoms with Crippen LogP contribution in [0.5, 0.6) is 0 Å². The number of carbonyl (C=O) groups is 1. The smallest absolute Gasteiger partial charge is 0.228 e. The number of nitrogens with zero attached hydrogens (tertiary/aromatic N) is 1. The van der Waals surface area contributed by atoms with Crippen molar-refractivity contribution in [1.29, 1.82) is 0 Å². The largest absolute Gasteiger partial charge is 0.394 e. The molecule has 0 aromatic carbocycles. The van der Waals surface area contributed by atoms with Crippen LogP contribution in [0.3, 0.4) is 0 Å². The number of aliphatic hydroxyl groups is 1. The summed E-state index contributed by atoms with van der Waals surface area (Å²) in [5.74, 6) is 0.802. The zero-order valence-corrected chi connectivity index (χ0v) is 12.8. The summed E-state index contributed by atoms with van der Waals surface area (Å²) in [4.78, 5) is 14.5. The first kappa shape index (κ1) is 15.5. The highest BCUT2D eigenvalue weighted by atomic mass is 16.3. The monoisotopic (exact) mass is 255 g/mol. The van der Waals surface area contributed by atoms with Crippen LogP contribution in [-0.2, 0) is 4.79 Å². The first-order chi connectivity index (χ1) is 8.07. The molecule has 18 heavy (non-hydrogen) atoms. The van der Waals surface area contributed by atoms with E-state index in [4.69, 9.17) is 0 Å². The number of carbonyl (C=O) groups excluding carboxylic acids is 1. The summed E-state index contributed by atoms with van der Waals surface area (Å²) in [6.45, 7) is 13.0. The van der Waals surface area contributed by atoms with E-state index >= 15 is 0 Å². The van der Waals surface area contributed by atoms with Crippen LogP contribution >= 0.6 is 0 Å². The molecule has 1 aliphatic rings. The number of hydrogen-bond acceptors (Lipinski definition) is 2. The van der Waals surface area contributed by atoms with Crippen LogP contribution in [0.25, 0.3) is 0 Å². The molecule has 1 rings (SSSR count). The summed E-state index contributed by atoms with van der Waals surface area (Å²) in [7, 11) is 0. The van der Waals surface area contributed by atoms with Crippen LogP contribution in [0.2, 0.25) is 0 Å². The maximum Gasteiger partial charge on any atom is 0.228 e. The Morgan fingerprint density at radius 3 is 2.00 bits per heavy atom. The zero-order chi connectivity index (χ0) is 14.1. The number of aliphatic hydroxyl groups excluding tert-OH is 1. The quantitative estimate of drug-likeness (QED) is 0.839. The molecule has 0 radical (unpaired) electrons. The lowest BCUT2D eigenvalue weighted by molar-refractivity contribution is -0.146. The molecule has 0 aromatic rings. The van der Waals surface area contributed by atoms with Gasteiger partial charge in [-0.2, -0.15) is 0 Å². The van der Waals surface area contributed by atoms with Gasteiger partial charge in [-0.25, -0.2) is 0 Å². The summed E-state index contributed by atoms with van der Waals surface area (Å²) in [5.41, 5.74) is -0.474. The number of hydrogen-bond donors (Lipinski definition) is 1. The molecule has 0 bridgehead atoms. The van der Waals surface area contributed by atoms with Gasteiger partial charge in [0.2, 0.25) is 5.91 Å². The van der Waals surface area contributed by atoms with Gasteiger partial charge in [0.05, 0.1) is 12.6 Å². The normalized spacial score (nSPS) is 18.6. The van der Waals surface area contributed by atoms with Crippen LogP contribution in [0, 0.1) is 16.7 Å². The van der Waals surface area contributed by atoms with Gasteiger partial charge in [0, 0.05) is 12.0 Å². The third-order valence-corrected chi connectivity index (χ3v) is 3.60. The highest BCUT2D eigenvalue weighted by Gasteiger charge is 2.39. The van der Waals surface area contributed by atoms with E-state index < -0.39 is 0 Å². The first-order valence-corrected chi connectivity index (χ1v) is 6.99. The molecule has 1 amide bonds. The van der Waals surface area contributed by atoms with Gasteiger partial charge in [0.1, 0.15) is 0 Å². The molecule has 106 valence electrons. The molecule has 0 spiro atoms. The second kappa shape index (κ2) is 5.20. The molecule has 0 aliphatic heterocycles. The summed E-state index contributed by atoms with van der Waals surface area (Å²) < 4.78 is 0. The van der Waals surface area contributed by atoms with Crippen molar-refractivity contribution in [2.75, 3.05) is 13.2 Å². The predicted octanol–water partition coefficient (Wildman–Crippen LogP) is 2.68. The predicted molar refractivity (Wildman–Crippen MR) is 74.2 cm³/mol. The SMILES string of the molecule is CC(C)(C)C(=O)N(CC1CC1)[C@H](CO)C(C)(C)C. The molecule has 0 saturated heterocycles. The zero-order valence-electron chi connectivity index (χ0n) is 12.8. The van der Waals surface area contributed by atoms with Crippen molar-refractivity contribution in [1.82, 2.24) is 4.90 Å². The molecule has 0 heterocycles. The van der Waals surface area contributed by atoms with Crippen molar-refractivity contribution in [2.45, 2.75) is 60.4 Å². The minimum atomic E-state index is -0.381. The minimum Gasteiger partial charge on any atom is -0.394 e. The summed E-state index contributed by atoms with van der Waals surface area (Å²) in [6.07, 6.45) is 2.44. The van der Waals surface area contributed by atoms with Crippen molar-refractivity contribution in [2.24, 2.45) is 16.7 Å². The molecular formula is C15H29NO2. The Hall–Kier alpha value is -0.570. The highest BCUT2D eigenvalue weighted by molar-refractivity contribution is 5.82. The fourth-order valence-corrected chi connectivity index (χ4v) is 2.20. The molecule has 0 unspecified atom stereocenters. The van der Waals surface area contributed by atoms with E-state index in [9.17, 15) is 9.90 Å². The van der Waals surface area contributed by atoms with Gasteiger partial charge in [-0.3, -0.25) is 4.79 Å². The molecule has 3 heteroatoms. The van der Waals surface area contributed by atoms with Crippen molar-refractivity contribution < 1.29 is 9.90 Å². The van der Waals surface area contributed by atoms with Crippen molar-refractivity contribution in [3.05, 3.63) is 0 Å². The second-order valence-corrected chi connectivity index (χ2v) is 7.72. The maximum atomic E-state index is 12.6. The Labute approximate surface area is 112 Å². The molecule has 1 N–H and O–H groups in total. The van der Waals surface area contributed by atoms with Crippen molar-refractivity contribution in [3.63, 3.8) is 0 Å². The van der Waals surface area contributed by atoms with E-state index in [1.165, 1.54) is 12.8 Å². The van der Waals surface area contributed by atoms with Gasteiger partial charge in [-0.15, -0.1) is 0 Å². The van der Waals surface area contributed by atoms with E-state index in [0.717, 1.165) is 6.54 Å². The van der Waals surface area contributed by atoms with E-state index in [2.05, 4.69) is 20.8 Å². The van der Waals surface area contributed by atoms with Crippen LogP contribution in [-0.4, -0.2) is 35.1 Å². The summed E-state index contributed by atoms with van der Waals surface area (Å²) in [6, 6.07) is -0.0928. The van der Waals surface area contributed by atoms with Gasteiger partial charge < -0.3 is 10.0 Å².